The highest BCUT2D eigenvalue weighted by Gasteiger charge is 2.12. The van der Waals surface area contributed by atoms with Crippen LogP contribution in [0, 0.1) is 18.6 Å². The van der Waals surface area contributed by atoms with E-state index in [1.807, 2.05) is 13.8 Å². The average Bonchev–Trinajstić information content (AvgIpc) is 2.63. The van der Waals surface area contributed by atoms with Gasteiger partial charge in [0.15, 0.2) is 4.77 Å². The predicted octanol–water partition coefficient (Wildman–Crippen LogP) is 1.24. The fourth-order valence-corrected chi connectivity index (χ4v) is 3.29. The van der Waals surface area contributed by atoms with E-state index in [0.717, 1.165) is 15.3 Å². The summed E-state index contributed by atoms with van der Waals surface area (Å²) in [6.45, 7) is 4.21. The number of primary amides is 1. The molecular formula is C12H15N3O3S2. The number of ether oxygens (including phenoxy) is 1. The number of hydrogen-bond acceptors (Lipinski definition) is 5. The van der Waals surface area contributed by atoms with Crippen LogP contribution in [0.15, 0.2) is 4.79 Å². The van der Waals surface area contributed by atoms with Gasteiger partial charge in [-0.3, -0.25) is 14.2 Å². The van der Waals surface area contributed by atoms with Crippen LogP contribution >= 0.6 is 23.6 Å². The second kappa shape index (κ2) is 5.86. The zero-order valence-corrected chi connectivity index (χ0v) is 12.8. The average molecular weight is 313 g/mol. The molecule has 0 saturated carbocycles. The smallest absolute Gasteiger partial charge is 0.263 e. The van der Waals surface area contributed by atoms with Crippen molar-refractivity contribution in [3.63, 3.8) is 0 Å². The Morgan fingerprint density at radius 2 is 2.20 bits per heavy atom. The number of nitrogens with two attached hydrogens (primary N) is 1. The molecule has 0 aromatic carbocycles. The van der Waals surface area contributed by atoms with Crippen molar-refractivity contribution in [2.24, 2.45) is 5.73 Å². The molecule has 2 heterocycles. The quantitative estimate of drug-likeness (QED) is 0.642. The first kappa shape index (κ1) is 14.9. The van der Waals surface area contributed by atoms with Crippen LogP contribution in [0.4, 0.5) is 0 Å². The predicted molar refractivity (Wildman–Crippen MR) is 80.8 cm³/mol. The summed E-state index contributed by atoms with van der Waals surface area (Å²) < 4.78 is 6.86. The molecule has 2 aromatic heterocycles. The molecule has 3 N–H and O–H groups in total. The topological polar surface area (TPSA) is 90.1 Å². The Morgan fingerprint density at radius 1 is 1.50 bits per heavy atom. The van der Waals surface area contributed by atoms with E-state index in [1.165, 1.54) is 15.9 Å². The van der Waals surface area contributed by atoms with Gasteiger partial charge in [-0.25, -0.2) is 0 Å². The lowest BCUT2D eigenvalue weighted by Crippen LogP contribution is -2.26. The zero-order valence-electron chi connectivity index (χ0n) is 11.2. The number of carbonyl (C=O) groups excluding carboxylic acids is 1. The minimum Gasteiger partial charge on any atom is -0.370 e. The van der Waals surface area contributed by atoms with Gasteiger partial charge in [0.25, 0.3) is 5.56 Å². The highest BCUT2D eigenvalue weighted by molar-refractivity contribution is 7.71. The molecule has 2 aromatic rings. The number of aryl methyl sites for hydroxylation is 2. The SMILES string of the molecule is Cc1sc2[nH]c(=S)n(CCOCC(N)=O)c(=O)c2c1C. The Labute approximate surface area is 124 Å². The number of thiophene rings is 1. The lowest BCUT2D eigenvalue weighted by Gasteiger charge is -2.06. The Bertz CT molecular complexity index is 773. The van der Waals surface area contributed by atoms with E-state index in [2.05, 4.69) is 4.98 Å². The number of carbonyl (C=O) groups is 1. The van der Waals surface area contributed by atoms with Crippen molar-refractivity contribution in [2.45, 2.75) is 20.4 Å². The highest BCUT2D eigenvalue weighted by atomic mass is 32.1. The molecule has 0 aliphatic carbocycles. The summed E-state index contributed by atoms with van der Waals surface area (Å²) in [4.78, 5) is 28.0. The van der Waals surface area contributed by atoms with Crippen LogP contribution in [-0.2, 0) is 16.1 Å². The van der Waals surface area contributed by atoms with E-state index in [-0.39, 0.29) is 25.3 Å². The Hall–Kier alpha value is -1.51. The third-order valence-electron chi connectivity index (χ3n) is 3.01. The van der Waals surface area contributed by atoms with Gasteiger partial charge >= 0.3 is 0 Å². The summed E-state index contributed by atoms with van der Waals surface area (Å²) in [6, 6.07) is 0. The molecule has 0 fully saturated rings. The van der Waals surface area contributed by atoms with Crippen molar-refractivity contribution >= 4 is 39.7 Å². The second-order valence-corrected chi connectivity index (χ2v) is 6.00. The third-order valence-corrected chi connectivity index (χ3v) is 4.46. The molecule has 6 nitrogen and oxygen atoms in total. The molecule has 0 spiro atoms. The normalized spacial score (nSPS) is 11.1. The van der Waals surface area contributed by atoms with E-state index >= 15 is 0 Å². The fourth-order valence-electron chi connectivity index (χ4n) is 1.90. The lowest BCUT2D eigenvalue weighted by atomic mass is 10.2. The number of nitrogens with one attached hydrogen (secondary N) is 1. The summed E-state index contributed by atoms with van der Waals surface area (Å²) >= 11 is 6.71. The largest absolute Gasteiger partial charge is 0.370 e. The van der Waals surface area contributed by atoms with Gasteiger partial charge in [0.2, 0.25) is 5.91 Å². The number of amides is 1. The Kier molecular flexibility index (Phi) is 4.36. The molecule has 8 heteroatoms. The fraction of sp³-hybridized carbons (Fsp3) is 0.417. The van der Waals surface area contributed by atoms with E-state index in [0.29, 0.717) is 10.2 Å². The molecule has 0 aliphatic rings. The van der Waals surface area contributed by atoms with Crippen molar-refractivity contribution in [1.29, 1.82) is 0 Å². The van der Waals surface area contributed by atoms with Crippen molar-refractivity contribution in [3.05, 3.63) is 25.6 Å². The third kappa shape index (κ3) is 2.82. The van der Waals surface area contributed by atoms with Gasteiger partial charge in [0, 0.05) is 4.88 Å². The summed E-state index contributed by atoms with van der Waals surface area (Å²) in [5.74, 6) is -0.540. The van der Waals surface area contributed by atoms with Crippen LogP contribution in [0.1, 0.15) is 10.4 Å². The monoisotopic (exact) mass is 313 g/mol. The van der Waals surface area contributed by atoms with Crippen LogP contribution in [0.2, 0.25) is 0 Å². The van der Waals surface area contributed by atoms with Gasteiger partial charge in [-0.1, -0.05) is 0 Å². The summed E-state index contributed by atoms with van der Waals surface area (Å²) in [5.41, 5.74) is 5.81. The molecule has 0 bridgehead atoms. The van der Waals surface area contributed by atoms with Gasteiger partial charge in [-0.15, -0.1) is 11.3 Å². The molecule has 0 atom stereocenters. The number of rotatable bonds is 5. The van der Waals surface area contributed by atoms with Gasteiger partial charge in [-0.2, -0.15) is 0 Å². The molecular weight excluding hydrogens is 298 g/mol. The molecule has 2 rings (SSSR count). The second-order valence-electron chi connectivity index (χ2n) is 4.39. The van der Waals surface area contributed by atoms with Gasteiger partial charge in [-0.05, 0) is 31.6 Å². The first-order valence-corrected chi connectivity index (χ1v) is 7.23. The highest BCUT2D eigenvalue weighted by Crippen LogP contribution is 2.25. The number of aromatic nitrogens is 2. The molecule has 1 amide bonds. The van der Waals surface area contributed by atoms with Gasteiger partial charge < -0.3 is 15.5 Å². The summed E-state index contributed by atoms with van der Waals surface area (Å²) in [6.07, 6.45) is 0. The minimum atomic E-state index is -0.540. The molecule has 0 saturated heterocycles. The number of H-pyrrole nitrogens is 1. The van der Waals surface area contributed by atoms with E-state index in [1.54, 1.807) is 0 Å². The molecule has 20 heavy (non-hydrogen) atoms. The maximum atomic E-state index is 12.4. The molecule has 108 valence electrons. The maximum absolute atomic E-state index is 12.4. The van der Waals surface area contributed by atoms with Crippen LogP contribution in [0.25, 0.3) is 10.2 Å². The van der Waals surface area contributed by atoms with Crippen molar-refractivity contribution < 1.29 is 9.53 Å². The molecule has 0 unspecified atom stereocenters. The lowest BCUT2D eigenvalue weighted by molar-refractivity contribution is -0.122. The molecule has 0 radical (unpaired) electrons. The molecule has 0 aliphatic heterocycles. The number of aromatic amines is 1. The van der Waals surface area contributed by atoms with Crippen LogP contribution in [0.3, 0.4) is 0 Å². The van der Waals surface area contributed by atoms with Crippen LogP contribution in [-0.4, -0.2) is 28.7 Å². The minimum absolute atomic E-state index is 0.131. The summed E-state index contributed by atoms with van der Waals surface area (Å²) in [7, 11) is 0. The van der Waals surface area contributed by atoms with E-state index < -0.39 is 5.91 Å². The standard InChI is InChI=1S/C12H15N3O3S2/c1-6-7(2)20-10-9(6)11(17)15(12(19)14-10)3-4-18-5-8(13)16/h3-5H2,1-2H3,(H2,13,16)(H,14,19). The maximum Gasteiger partial charge on any atom is 0.263 e. The van der Waals surface area contributed by atoms with E-state index in [4.69, 9.17) is 22.7 Å². The van der Waals surface area contributed by atoms with Crippen molar-refractivity contribution in [2.75, 3.05) is 13.2 Å². The Morgan fingerprint density at radius 3 is 2.85 bits per heavy atom. The first-order chi connectivity index (χ1) is 9.41. The Balaban J connectivity index is 2.34. The number of hydrogen-bond donors (Lipinski definition) is 2. The zero-order chi connectivity index (χ0) is 14.9. The van der Waals surface area contributed by atoms with Crippen LogP contribution < -0.4 is 11.3 Å². The first-order valence-electron chi connectivity index (χ1n) is 6.00. The van der Waals surface area contributed by atoms with E-state index in [9.17, 15) is 9.59 Å². The number of fused-ring (bicyclic) bond motifs is 1. The van der Waals surface area contributed by atoms with Gasteiger partial charge in [0.1, 0.15) is 11.4 Å². The summed E-state index contributed by atoms with van der Waals surface area (Å²) in [5, 5.41) is 0.663. The van der Waals surface area contributed by atoms with Crippen molar-refractivity contribution in [3.8, 4) is 0 Å². The van der Waals surface area contributed by atoms with Crippen LogP contribution in [0.5, 0.6) is 0 Å². The number of nitrogens with zero attached hydrogens (tertiary/aromatic N) is 1. The van der Waals surface area contributed by atoms with Crippen molar-refractivity contribution in [1.82, 2.24) is 9.55 Å². The van der Waals surface area contributed by atoms with Gasteiger partial charge in [0.05, 0.1) is 18.5 Å².